The molecule has 2 atom stereocenters. The number of carbonyl (C=O) groups excluding carboxylic acids is 3. The average Bonchev–Trinajstić information content (AvgIpc) is 3.12. The lowest BCUT2D eigenvalue weighted by Gasteiger charge is -2.39. The Balaban J connectivity index is 1.52. The molecule has 2 aliphatic heterocycles. The predicted octanol–water partition coefficient (Wildman–Crippen LogP) is 3.07. The van der Waals surface area contributed by atoms with E-state index >= 15 is 0 Å². The van der Waals surface area contributed by atoms with Gasteiger partial charge in [-0.2, -0.15) is 0 Å². The standard InChI is InChI=1S/C26H29F2N3O3/c1-25(2,29-23(33)13-17-8-10-19(27)11-9-17)24(34)31-15-21(18-5-3-6-20(28)14-18)26(16-31)12-4-7-22(32)30-26/h3,5-6,8-11,14,21H,4,7,12-13,15-16H2,1-2H3,(H,29,33)(H,30,32)/t21-,26+/m0/s1. The van der Waals surface area contributed by atoms with Crippen molar-refractivity contribution in [2.24, 2.45) is 0 Å². The van der Waals surface area contributed by atoms with Gasteiger partial charge in [-0.25, -0.2) is 8.78 Å². The second-order valence-electron chi connectivity index (χ2n) is 9.83. The third-order valence-electron chi connectivity index (χ3n) is 6.76. The summed E-state index contributed by atoms with van der Waals surface area (Å²) >= 11 is 0. The first-order chi connectivity index (χ1) is 16.1. The molecule has 0 unspecified atom stereocenters. The molecule has 2 aliphatic rings. The zero-order chi connectivity index (χ0) is 24.5. The highest BCUT2D eigenvalue weighted by Crippen LogP contribution is 2.42. The molecule has 1 spiro atoms. The van der Waals surface area contributed by atoms with E-state index in [1.807, 2.05) is 6.07 Å². The molecule has 8 heteroatoms. The maximum Gasteiger partial charge on any atom is 0.247 e. The quantitative estimate of drug-likeness (QED) is 0.707. The minimum absolute atomic E-state index is 0.0168. The first kappa shape index (κ1) is 23.9. The number of rotatable bonds is 5. The third-order valence-corrected chi connectivity index (χ3v) is 6.76. The number of benzene rings is 2. The summed E-state index contributed by atoms with van der Waals surface area (Å²) < 4.78 is 27.1. The number of hydrogen-bond donors (Lipinski definition) is 2. The van der Waals surface area contributed by atoms with Gasteiger partial charge in [-0.3, -0.25) is 14.4 Å². The van der Waals surface area contributed by atoms with Gasteiger partial charge in [0.2, 0.25) is 17.7 Å². The van der Waals surface area contributed by atoms with Crippen LogP contribution >= 0.6 is 0 Å². The lowest BCUT2D eigenvalue weighted by atomic mass is 9.76. The van der Waals surface area contributed by atoms with Crippen LogP contribution in [0.25, 0.3) is 0 Å². The summed E-state index contributed by atoms with van der Waals surface area (Å²) in [5.41, 5.74) is -0.505. The molecular weight excluding hydrogens is 440 g/mol. The Labute approximate surface area is 197 Å². The van der Waals surface area contributed by atoms with Gasteiger partial charge in [0.1, 0.15) is 17.2 Å². The number of likely N-dealkylation sites (tertiary alicyclic amines) is 1. The molecule has 2 N–H and O–H groups in total. The second kappa shape index (κ2) is 9.16. The van der Waals surface area contributed by atoms with Gasteiger partial charge in [-0.1, -0.05) is 24.3 Å². The number of halogens is 2. The van der Waals surface area contributed by atoms with Gasteiger partial charge in [0.15, 0.2) is 0 Å². The van der Waals surface area contributed by atoms with Crippen molar-refractivity contribution in [1.82, 2.24) is 15.5 Å². The highest BCUT2D eigenvalue weighted by atomic mass is 19.1. The number of hydrogen-bond acceptors (Lipinski definition) is 3. The van der Waals surface area contributed by atoms with Crippen LogP contribution in [0.3, 0.4) is 0 Å². The SMILES string of the molecule is CC(C)(NC(=O)Cc1ccc(F)cc1)C(=O)N1C[C@@H](c2cccc(F)c2)[C@@]2(CCCC(=O)N2)C1. The van der Waals surface area contributed by atoms with Crippen molar-refractivity contribution in [3.05, 3.63) is 71.3 Å². The smallest absolute Gasteiger partial charge is 0.247 e. The largest absolute Gasteiger partial charge is 0.348 e. The molecule has 4 rings (SSSR count). The molecule has 0 saturated carbocycles. The Hall–Kier alpha value is -3.29. The molecule has 2 fully saturated rings. The number of nitrogens with one attached hydrogen (secondary N) is 2. The minimum Gasteiger partial charge on any atom is -0.348 e. The van der Waals surface area contributed by atoms with Crippen LogP contribution in [-0.2, 0) is 20.8 Å². The number of carbonyl (C=O) groups is 3. The summed E-state index contributed by atoms with van der Waals surface area (Å²) in [6, 6.07) is 11.9. The average molecular weight is 470 g/mol. The van der Waals surface area contributed by atoms with E-state index in [2.05, 4.69) is 10.6 Å². The molecule has 0 radical (unpaired) electrons. The summed E-state index contributed by atoms with van der Waals surface area (Å²) in [4.78, 5) is 40.1. The maximum atomic E-state index is 14.0. The number of amides is 3. The molecule has 0 aliphatic carbocycles. The Morgan fingerprint density at radius 2 is 1.88 bits per heavy atom. The van der Waals surface area contributed by atoms with Crippen LogP contribution in [0.2, 0.25) is 0 Å². The lowest BCUT2D eigenvalue weighted by molar-refractivity contribution is -0.140. The van der Waals surface area contributed by atoms with E-state index in [1.165, 1.54) is 36.4 Å². The highest BCUT2D eigenvalue weighted by Gasteiger charge is 2.52. The van der Waals surface area contributed by atoms with Crippen molar-refractivity contribution < 1.29 is 23.2 Å². The van der Waals surface area contributed by atoms with Gasteiger partial charge in [0.05, 0.1) is 12.0 Å². The van der Waals surface area contributed by atoms with Gasteiger partial charge in [0, 0.05) is 25.4 Å². The second-order valence-corrected chi connectivity index (χ2v) is 9.83. The van der Waals surface area contributed by atoms with Crippen molar-refractivity contribution in [3.63, 3.8) is 0 Å². The van der Waals surface area contributed by atoms with E-state index in [9.17, 15) is 23.2 Å². The Morgan fingerprint density at radius 3 is 2.56 bits per heavy atom. The summed E-state index contributed by atoms with van der Waals surface area (Å²) in [5.74, 6) is -1.72. The monoisotopic (exact) mass is 469 g/mol. The molecule has 0 aromatic heterocycles. The highest BCUT2D eigenvalue weighted by molar-refractivity contribution is 5.92. The molecular formula is C26H29F2N3O3. The van der Waals surface area contributed by atoms with E-state index in [4.69, 9.17) is 0 Å². The molecule has 2 aromatic rings. The topological polar surface area (TPSA) is 78.5 Å². The fraction of sp³-hybridized carbons (Fsp3) is 0.423. The van der Waals surface area contributed by atoms with E-state index in [0.29, 0.717) is 31.4 Å². The van der Waals surface area contributed by atoms with Crippen LogP contribution in [-0.4, -0.2) is 46.8 Å². The van der Waals surface area contributed by atoms with E-state index in [1.54, 1.807) is 24.8 Å². The summed E-state index contributed by atoms with van der Waals surface area (Å²) in [6.45, 7) is 3.87. The Kier molecular flexibility index (Phi) is 6.43. The van der Waals surface area contributed by atoms with Gasteiger partial charge in [-0.15, -0.1) is 0 Å². The zero-order valence-corrected chi connectivity index (χ0v) is 19.4. The van der Waals surface area contributed by atoms with Crippen LogP contribution < -0.4 is 10.6 Å². The third kappa shape index (κ3) is 4.95. The molecule has 2 aromatic carbocycles. The summed E-state index contributed by atoms with van der Waals surface area (Å²) in [5, 5.41) is 5.89. The molecule has 34 heavy (non-hydrogen) atoms. The van der Waals surface area contributed by atoms with Crippen molar-refractivity contribution in [1.29, 1.82) is 0 Å². The minimum atomic E-state index is -1.20. The van der Waals surface area contributed by atoms with Crippen molar-refractivity contribution in [2.45, 2.75) is 56.5 Å². The molecule has 0 bridgehead atoms. The Morgan fingerprint density at radius 1 is 1.15 bits per heavy atom. The first-order valence-electron chi connectivity index (χ1n) is 11.5. The van der Waals surface area contributed by atoms with Crippen molar-refractivity contribution in [2.75, 3.05) is 13.1 Å². The van der Waals surface area contributed by atoms with Gasteiger partial charge < -0.3 is 15.5 Å². The van der Waals surface area contributed by atoms with Gasteiger partial charge >= 0.3 is 0 Å². The number of piperidine rings is 1. The van der Waals surface area contributed by atoms with Gasteiger partial charge in [0.25, 0.3) is 0 Å². The molecule has 180 valence electrons. The Bertz CT molecular complexity index is 1100. The zero-order valence-electron chi connectivity index (χ0n) is 19.4. The predicted molar refractivity (Wildman–Crippen MR) is 123 cm³/mol. The maximum absolute atomic E-state index is 14.0. The summed E-state index contributed by atoms with van der Waals surface area (Å²) in [7, 11) is 0. The van der Waals surface area contributed by atoms with Gasteiger partial charge in [-0.05, 0) is 62.1 Å². The lowest BCUT2D eigenvalue weighted by Crippen LogP contribution is -2.59. The molecule has 6 nitrogen and oxygen atoms in total. The van der Waals surface area contributed by atoms with Crippen LogP contribution in [0.5, 0.6) is 0 Å². The van der Waals surface area contributed by atoms with Crippen molar-refractivity contribution in [3.8, 4) is 0 Å². The molecule has 2 saturated heterocycles. The first-order valence-corrected chi connectivity index (χ1v) is 11.5. The normalized spacial score (nSPS) is 22.5. The van der Waals surface area contributed by atoms with Crippen LogP contribution in [0, 0.1) is 11.6 Å². The number of nitrogens with zero attached hydrogens (tertiary/aromatic N) is 1. The van der Waals surface area contributed by atoms with E-state index < -0.39 is 11.1 Å². The van der Waals surface area contributed by atoms with Crippen molar-refractivity contribution >= 4 is 17.7 Å². The fourth-order valence-corrected chi connectivity index (χ4v) is 5.19. The van der Waals surface area contributed by atoms with Crippen LogP contribution in [0.4, 0.5) is 8.78 Å². The molecule has 2 heterocycles. The van der Waals surface area contributed by atoms with Crippen LogP contribution in [0.1, 0.15) is 50.2 Å². The van der Waals surface area contributed by atoms with E-state index in [-0.39, 0.29) is 48.2 Å². The summed E-state index contributed by atoms with van der Waals surface area (Å²) in [6.07, 6.45) is 1.82. The van der Waals surface area contributed by atoms with Crippen LogP contribution in [0.15, 0.2) is 48.5 Å². The fourth-order valence-electron chi connectivity index (χ4n) is 5.19. The van der Waals surface area contributed by atoms with E-state index in [0.717, 1.165) is 5.56 Å². The molecule has 3 amide bonds.